The second-order valence-corrected chi connectivity index (χ2v) is 5.94. The van der Waals surface area contributed by atoms with Crippen LogP contribution >= 0.6 is 0 Å². The SMILES string of the molecule is C=Cc1nc2n(c1-c1ccc(OC(F)(F)F)cc1)CN(CCCC)C2=O. The van der Waals surface area contributed by atoms with Gasteiger partial charge in [-0.1, -0.05) is 19.9 Å². The molecular formula is C18H18F3N3O2. The van der Waals surface area contributed by atoms with E-state index < -0.39 is 6.36 Å². The molecule has 1 aromatic carbocycles. The van der Waals surface area contributed by atoms with Crippen LogP contribution in [0.5, 0.6) is 5.75 Å². The van der Waals surface area contributed by atoms with Gasteiger partial charge in [0, 0.05) is 12.1 Å². The molecule has 3 rings (SSSR count). The second kappa shape index (κ2) is 6.86. The summed E-state index contributed by atoms with van der Waals surface area (Å²) < 4.78 is 42.6. The summed E-state index contributed by atoms with van der Waals surface area (Å²) in [6.07, 6.45) is -1.34. The molecular weight excluding hydrogens is 347 g/mol. The van der Waals surface area contributed by atoms with E-state index in [0.717, 1.165) is 12.8 Å². The van der Waals surface area contributed by atoms with E-state index in [2.05, 4.69) is 16.3 Å². The average Bonchev–Trinajstić information content (AvgIpc) is 3.09. The van der Waals surface area contributed by atoms with Crippen LogP contribution in [0.4, 0.5) is 13.2 Å². The minimum absolute atomic E-state index is 0.148. The Morgan fingerprint density at radius 3 is 2.58 bits per heavy atom. The van der Waals surface area contributed by atoms with Crippen molar-refractivity contribution >= 4 is 12.0 Å². The maximum Gasteiger partial charge on any atom is 0.573 e. The Balaban J connectivity index is 1.93. The Morgan fingerprint density at radius 1 is 1.31 bits per heavy atom. The third-order valence-electron chi connectivity index (χ3n) is 4.12. The lowest BCUT2D eigenvalue weighted by molar-refractivity contribution is -0.274. The maximum atomic E-state index is 12.5. The van der Waals surface area contributed by atoms with Crippen LogP contribution in [0.25, 0.3) is 17.3 Å². The Bertz CT molecular complexity index is 825. The fourth-order valence-electron chi connectivity index (χ4n) is 2.93. The number of carbonyl (C=O) groups is 1. The molecule has 0 saturated heterocycles. The predicted octanol–water partition coefficient (Wildman–Crippen LogP) is 4.31. The zero-order valence-electron chi connectivity index (χ0n) is 14.2. The summed E-state index contributed by atoms with van der Waals surface area (Å²) >= 11 is 0. The summed E-state index contributed by atoms with van der Waals surface area (Å²) in [6, 6.07) is 5.50. The molecule has 0 unspecified atom stereocenters. The quantitative estimate of drug-likeness (QED) is 0.767. The van der Waals surface area contributed by atoms with Gasteiger partial charge in [-0.15, -0.1) is 13.2 Å². The van der Waals surface area contributed by atoms with Gasteiger partial charge in [0.2, 0.25) is 5.82 Å². The normalized spacial score (nSPS) is 13.8. The number of carbonyl (C=O) groups excluding carboxylic acids is 1. The lowest BCUT2D eigenvalue weighted by Crippen LogP contribution is -2.26. The summed E-state index contributed by atoms with van der Waals surface area (Å²) in [4.78, 5) is 18.6. The molecule has 138 valence electrons. The number of fused-ring (bicyclic) bond motifs is 1. The number of imidazole rings is 1. The van der Waals surface area contributed by atoms with Crippen LogP contribution in [0.1, 0.15) is 36.1 Å². The first kappa shape index (κ1) is 18.0. The van der Waals surface area contributed by atoms with Crippen molar-refractivity contribution in [3.05, 3.63) is 42.4 Å². The summed E-state index contributed by atoms with van der Waals surface area (Å²) in [7, 11) is 0. The van der Waals surface area contributed by atoms with Crippen molar-refractivity contribution in [2.75, 3.05) is 6.54 Å². The Morgan fingerprint density at radius 2 is 2.00 bits per heavy atom. The van der Waals surface area contributed by atoms with Crippen LogP contribution in [0.2, 0.25) is 0 Å². The van der Waals surface area contributed by atoms with Crippen molar-refractivity contribution in [3.63, 3.8) is 0 Å². The highest BCUT2D eigenvalue weighted by atomic mass is 19.4. The van der Waals surface area contributed by atoms with E-state index in [1.165, 1.54) is 30.3 Å². The highest BCUT2D eigenvalue weighted by Crippen LogP contribution is 2.32. The van der Waals surface area contributed by atoms with Crippen LogP contribution in [0, 0.1) is 0 Å². The summed E-state index contributed by atoms with van der Waals surface area (Å²) in [5, 5.41) is 0. The van der Waals surface area contributed by atoms with Crippen LogP contribution in [0.15, 0.2) is 30.8 Å². The number of rotatable bonds is 6. The molecule has 2 aromatic rings. The molecule has 5 nitrogen and oxygen atoms in total. The molecule has 0 saturated carbocycles. The number of amides is 1. The van der Waals surface area contributed by atoms with Gasteiger partial charge in [-0.2, -0.15) is 0 Å². The predicted molar refractivity (Wildman–Crippen MR) is 90.4 cm³/mol. The molecule has 2 heterocycles. The summed E-state index contributed by atoms with van der Waals surface area (Å²) in [5.74, 6) is -0.130. The van der Waals surface area contributed by atoms with Crippen LogP contribution < -0.4 is 4.74 Å². The van der Waals surface area contributed by atoms with Gasteiger partial charge in [-0.25, -0.2) is 4.98 Å². The van der Waals surface area contributed by atoms with E-state index in [-0.39, 0.29) is 11.7 Å². The monoisotopic (exact) mass is 365 g/mol. The van der Waals surface area contributed by atoms with Crippen LogP contribution in [-0.2, 0) is 6.67 Å². The fourth-order valence-corrected chi connectivity index (χ4v) is 2.93. The van der Waals surface area contributed by atoms with E-state index in [4.69, 9.17) is 0 Å². The van der Waals surface area contributed by atoms with E-state index in [0.29, 0.717) is 36.0 Å². The number of benzene rings is 1. The van der Waals surface area contributed by atoms with Gasteiger partial charge >= 0.3 is 6.36 Å². The summed E-state index contributed by atoms with van der Waals surface area (Å²) in [5.41, 5.74) is 1.81. The van der Waals surface area contributed by atoms with E-state index >= 15 is 0 Å². The van der Waals surface area contributed by atoms with Crippen molar-refractivity contribution < 1.29 is 22.7 Å². The highest BCUT2D eigenvalue weighted by Gasteiger charge is 2.33. The molecule has 8 heteroatoms. The molecule has 0 atom stereocenters. The molecule has 1 aromatic heterocycles. The van der Waals surface area contributed by atoms with Crippen molar-refractivity contribution in [2.24, 2.45) is 0 Å². The lowest BCUT2D eigenvalue weighted by atomic mass is 10.1. The van der Waals surface area contributed by atoms with E-state index in [1.54, 1.807) is 9.47 Å². The van der Waals surface area contributed by atoms with Gasteiger partial charge in [0.1, 0.15) is 5.75 Å². The number of aromatic nitrogens is 2. The molecule has 0 radical (unpaired) electrons. The van der Waals surface area contributed by atoms with Gasteiger partial charge in [0.05, 0.1) is 18.1 Å². The van der Waals surface area contributed by atoms with Gasteiger partial charge in [0.25, 0.3) is 5.91 Å². The van der Waals surface area contributed by atoms with Crippen molar-refractivity contribution in [1.29, 1.82) is 0 Å². The first-order valence-corrected chi connectivity index (χ1v) is 8.22. The van der Waals surface area contributed by atoms with E-state index in [9.17, 15) is 18.0 Å². The number of unbranched alkanes of at least 4 members (excludes halogenated alkanes) is 1. The number of nitrogens with zero attached hydrogens (tertiary/aromatic N) is 3. The van der Waals surface area contributed by atoms with Crippen molar-refractivity contribution in [1.82, 2.24) is 14.5 Å². The molecule has 1 amide bonds. The number of ether oxygens (including phenoxy) is 1. The average molecular weight is 365 g/mol. The maximum absolute atomic E-state index is 12.5. The molecule has 0 spiro atoms. The highest BCUT2D eigenvalue weighted by molar-refractivity contribution is 5.94. The molecule has 26 heavy (non-hydrogen) atoms. The number of hydrogen-bond acceptors (Lipinski definition) is 3. The molecule has 0 fully saturated rings. The number of halogens is 3. The standard InChI is InChI=1S/C18H18F3N3O2/c1-3-5-10-23-11-24-15(14(4-2)22-16(24)17(23)25)12-6-8-13(9-7-12)26-18(19,20)21/h4,6-9H,2-3,5,10-11H2,1H3. The van der Waals surface area contributed by atoms with E-state index in [1.807, 2.05) is 6.92 Å². The second-order valence-electron chi connectivity index (χ2n) is 5.94. The minimum Gasteiger partial charge on any atom is -0.406 e. The smallest absolute Gasteiger partial charge is 0.406 e. The zero-order valence-corrected chi connectivity index (χ0v) is 14.2. The number of hydrogen-bond donors (Lipinski definition) is 0. The zero-order chi connectivity index (χ0) is 18.9. The fraction of sp³-hybridized carbons (Fsp3) is 0.333. The topological polar surface area (TPSA) is 47.4 Å². The Hall–Kier alpha value is -2.77. The van der Waals surface area contributed by atoms with Gasteiger partial charge in [-0.05, 0) is 36.8 Å². The Kier molecular flexibility index (Phi) is 4.76. The van der Waals surface area contributed by atoms with Gasteiger partial charge in [-0.3, -0.25) is 4.79 Å². The third-order valence-corrected chi connectivity index (χ3v) is 4.12. The van der Waals surface area contributed by atoms with Crippen molar-refractivity contribution in [3.8, 4) is 17.0 Å². The molecule has 0 N–H and O–H groups in total. The molecule has 0 aliphatic carbocycles. The van der Waals surface area contributed by atoms with Crippen LogP contribution in [0.3, 0.4) is 0 Å². The summed E-state index contributed by atoms with van der Waals surface area (Å²) in [6.45, 7) is 6.77. The minimum atomic E-state index is -4.74. The van der Waals surface area contributed by atoms with Crippen LogP contribution in [-0.4, -0.2) is 33.3 Å². The van der Waals surface area contributed by atoms with Crippen molar-refractivity contribution in [2.45, 2.75) is 32.8 Å². The molecule has 0 bridgehead atoms. The first-order chi connectivity index (χ1) is 12.3. The lowest BCUT2D eigenvalue weighted by Gasteiger charge is -2.16. The molecule has 1 aliphatic rings. The number of alkyl halides is 3. The van der Waals surface area contributed by atoms with Gasteiger partial charge < -0.3 is 14.2 Å². The largest absolute Gasteiger partial charge is 0.573 e. The first-order valence-electron chi connectivity index (χ1n) is 8.22. The molecule has 1 aliphatic heterocycles. The van der Waals surface area contributed by atoms with Gasteiger partial charge in [0.15, 0.2) is 0 Å². The Labute approximate surface area is 148 Å². The third kappa shape index (κ3) is 3.44.